The minimum absolute atomic E-state index is 0.916. The molecule has 1 radical (unpaired) electrons. The maximum atomic E-state index is 5.24. The second-order valence-electron chi connectivity index (χ2n) is 3.68. The van der Waals surface area contributed by atoms with Crippen molar-refractivity contribution >= 4 is 0 Å². The Morgan fingerprint density at radius 3 is 2.53 bits per heavy atom. The van der Waals surface area contributed by atoms with Crippen LogP contribution in [0.2, 0.25) is 0 Å². The fourth-order valence-corrected chi connectivity index (χ4v) is 2.06. The summed E-state index contributed by atoms with van der Waals surface area (Å²) >= 11 is 0. The molecular weight excluding hydrogens is 184 g/mol. The van der Waals surface area contributed by atoms with Gasteiger partial charge in [0.25, 0.3) is 0 Å². The van der Waals surface area contributed by atoms with Gasteiger partial charge in [0.15, 0.2) is 0 Å². The molecular formula is C14H11O. The molecule has 15 heavy (non-hydrogen) atoms. The Kier molecular flexibility index (Phi) is 1.78. The number of fused-ring (bicyclic) bond motifs is 3. The van der Waals surface area contributed by atoms with Gasteiger partial charge in [0.2, 0.25) is 0 Å². The van der Waals surface area contributed by atoms with E-state index in [4.69, 9.17) is 4.74 Å². The summed E-state index contributed by atoms with van der Waals surface area (Å²) in [7, 11) is 1.70. The molecule has 0 fully saturated rings. The lowest BCUT2D eigenvalue weighted by atomic mass is 10.1. The Hall–Kier alpha value is -1.76. The molecule has 1 aliphatic rings. The maximum absolute atomic E-state index is 5.24. The van der Waals surface area contributed by atoms with Crippen LogP contribution >= 0.6 is 0 Å². The van der Waals surface area contributed by atoms with Crippen LogP contribution in [0.3, 0.4) is 0 Å². The van der Waals surface area contributed by atoms with Gasteiger partial charge in [-0.1, -0.05) is 30.3 Å². The van der Waals surface area contributed by atoms with E-state index in [9.17, 15) is 0 Å². The Labute approximate surface area is 89.3 Å². The summed E-state index contributed by atoms with van der Waals surface area (Å²) in [5, 5.41) is 0. The maximum Gasteiger partial charge on any atom is 0.119 e. The van der Waals surface area contributed by atoms with Gasteiger partial charge in [-0.2, -0.15) is 0 Å². The van der Waals surface area contributed by atoms with Crippen LogP contribution in [0.4, 0.5) is 0 Å². The summed E-state index contributed by atoms with van der Waals surface area (Å²) in [6.07, 6.45) is 2.21. The molecule has 0 bridgehead atoms. The topological polar surface area (TPSA) is 9.23 Å². The van der Waals surface area contributed by atoms with Gasteiger partial charge in [0.1, 0.15) is 5.75 Å². The third-order valence-corrected chi connectivity index (χ3v) is 2.82. The fourth-order valence-electron chi connectivity index (χ4n) is 2.06. The van der Waals surface area contributed by atoms with Gasteiger partial charge in [-0.15, -0.1) is 0 Å². The molecule has 2 aromatic carbocycles. The van der Waals surface area contributed by atoms with Crippen molar-refractivity contribution in [1.29, 1.82) is 0 Å². The SMILES string of the molecule is COc1ccc2c(c1)-c1ccccc1[CH]2. The number of methoxy groups -OCH3 is 1. The Morgan fingerprint density at radius 2 is 1.67 bits per heavy atom. The molecule has 1 aliphatic carbocycles. The summed E-state index contributed by atoms with van der Waals surface area (Å²) in [4.78, 5) is 0. The zero-order chi connectivity index (χ0) is 10.3. The Balaban J connectivity index is 2.22. The Morgan fingerprint density at radius 1 is 0.867 bits per heavy atom. The van der Waals surface area contributed by atoms with Crippen LogP contribution in [-0.4, -0.2) is 7.11 Å². The second kappa shape index (κ2) is 3.13. The molecule has 0 unspecified atom stereocenters. The van der Waals surface area contributed by atoms with Crippen molar-refractivity contribution in [3.05, 3.63) is 60.0 Å². The summed E-state index contributed by atoms with van der Waals surface area (Å²) in [6.45, 7) is 0. The molecule has 0 saturated heterocycles. The lowest BCUT2D eigenvalue weighted by molar-refractivity contribution is 0.415. The van der Waals surface area contributed by atoms with Crippen LogP contribution < -0.4 is 4.74 Å². The minimum Gasteiger partial charge on any atom is -0.497 e. The molecule has 73 valence electrons. The van der Waals surface area contributed by atoms with Gasteiger partial charge >= 0.3 is 0 Å². The molecule has 3 rings (SSSR count). The molecule has 0 aliphatic heterocycles. The van der Waals surface area contributed by atoms with Crippen LogP contribution in [0.15, 0.2) is 42.5 Å². The standard InChI is InChI=1S/C14H11O/c1-15-12-7-6-11-8-10-4-2-3-5-13(10)14(11)9-12/h2-9H,1H3. The largest absolute Gasteiger partial charge is 0.497 e. The monoisotopic (exact) mass is 195 g/mol. The summed E-state index contributed by atoms with van der Waals surface area (Å²) in [5.74, 6) is 0.916. The summed E-state index contributed by atoms with van der Waals surface area (Å²) in [5.41, 5.74) is 5.13. The molecule has 0 spiro atoms. The molecule has 0 saturated carbocycles. The van der Waals surface area contributed by atoms with Crippen LogP contribution in [0.5, 0.6) is 5.75 Å². The highest BCUT2D eigenvalue weighted by Crippen LogP contribution is 2.39. The van der Waals surface area contributed by atoms with E-state index in [-0.39, 0.29) is 0 Å². The first kappa shape index (κ1) is 8.54. The van der Waals surface area contributed by atoms with Gasteiger partial charge in [0, 0.05) is 6.42 Å². The highest BCUT2D eigenvalue weighted by atomic mass is 16.5. The molecule has 0 atom stereocenters. The van der Waals surface area contributed by atoms with Gasteiger partial charge in [-0.3, -0.25) is 0 Å². The van der Waals surface area contributed by atoms with Gasteiger partial charge in [0.05, 0.1) is 7.11 Å². The van der Waals surface area contributed by atoms with Crippen LogP contribution in [0, 0.1) is 6.42 Å². The average Bonchev–Trinajstić information content (AvgIpc) is 2.66. The van der Waals surface area contributed by atoms with E-state index in [1.807, 2.05) is 6.07 Å². The van der Waals surface area contributed by atoms with E-state index in [0.29, 0.717) is 0 Å². The number of ether oxygens (including phenoxy) is 1. The smallest absolute Gasteiger partial charge is 0.119 e. The number of hydrogen-bond donors (Lipinski definition) is 0. The Bertz CT molecular complexity index is 514. The molecule has 0 aromatic heterocycles. The van der Waals surface area contributed by atoms with Crippen molar-refractivity contribution in [1.82, 2.24) is 0 Å². The first-order chi connectivity index (χ1) is 7.38. The fraction of sp³-hybridized carbons (Fsp3) is 0.0714. The van der Waals surface area contributed by atoms with Crippen molar-refractivity contribution in [2.24, 2.45) is 0 Å². The predicted molar refractivity (Wildman–Crippen MR) is 60.9 cm³/mol. The molecule has 0 heterocycles. The first-order valence-electron chi connectivity index (χ1n) is 5.01. The average molecular weight is 195 g/mol. The summed E-state index contributed by atoms with van der Waals surface area (Å²) < 4.78 is 5.24. The van der Waals surface area contributed by atoms with E-state index >= 15 is 0 Å². The van der Waals surface area contributed by atoms with Crippen molar-refractivity contribution < 1.29 is 4.74 Å². The first-order valence-corrected chi connectivity index (χ1v) is 5.01. The highest BCUT2D eigenvalue weighted by molar-refractivity contribution is 5.81. The van der Waals surface area contributed by atoms with Gasteiger partial charge in [-0.25, -0.2) is 0 Å². The van der Waals surface area contributed by atoms with E-state index in [0.717, 1.165) is 5.75 Å². The predicted octanol–water partition coefficient (Wildman–Crippen LogP) is 3.28. The van der Waals surface area contributed by atoms with Crippen LogP contribution in [0.25, 0.3) is 11.1 Å². The zero-order valence-corrected chi connectivity index (χ0v) is 8.53. The van der Waals surface area contributed by atoms with Crippen molar-refractivity contribution in [3.63, 3.8) is 0 Å². The molecule has 1 heteroatoms. The second-order valence-corrected chi connectivity index (χ2v) is 3.68. The molecule has 0 N–H and O–H groups in total. The normalized spacial score (nSPS) is 12.1. The number of rotatable bonds is 1. The lowest BCUT2D eigenvalue weighted by Crippen LogP contribution is -1.84. The third kappa shape index (κ3) is 1.23. The van der Waals surface area contributed by atoms with E-state index in [2.05, 4.69) is 42.8 Å². The van der Waals surface area contributed by atoms with Crippen molar-refractivity contribution in [2.75, 3.05) is 7.11 Å². The van der Waals surface area contributed by atoms with Crippen molar-refractivity contribution in [3.8, 4) is 16.9 Å². The van der Waals surface area contributed by atoms with E-state index in [1.54, 1.807) is 7.11 Å². The van der Waals surface area contributed by atoms with E-state index < -0.39 is 0 Å². The number of hydrogen-bond acceptors (Lipinski definition) is 1. The lowest BCUT2D eigenvalue weighted by Gasteiger charge is -2.03. The molecule has 0 amide bonds. The van der Waals surface area contributed by atoms with Crippen LogP contribution in [-0.2, 0) is 0 Å². The molecule has 2 aromatic rings. The zero-order valence-electron chi connectivity index (χ0n) is 8.53. The summed E-state index contributed by atoms with van der Waals surface area (Å²) in [6, 6.07) is 14.6. The highest BCUT2D eigenvalue weighted by Gasteiger charge is 2.18. The quantitative estimate of drug-likeness (QED) is 0.579. The van der Waals surface area contributed by atoms with E-state index in [1.165, 1.54) is 22.3 Å². The number of benzene rings is 2. The molecule has 1 nitrogen and oxygen atoms in total. The minimum atomic E-state index is 0.916. The van der Waals surface area contributed by atoms with Gasteiger partial charge in [-0.05, 0) is 34.4 Å². The third-order valence-electron chi connectivity index (χ3n) is 2.82. The van der Waals surface area contributed by atoms with Gasteiger partial charge < -0.3 is 4.74 Å². The van der Waals surface area contributed by atoms with Crippen LogP contribution in [0.1, 0.15) is 11.1 Å². The van der Waals surface area contributed by atoms with Crippen molar-refractivity contribution in [2.45, 2.75) is 0 Å².